The largest absolute Gasteiger partial charge is 0.443 e. The Morgan fingerprint density at radius 1 is 1.33 bits per heavy atom. The van der Waals surface area contributed by atoms with Gasteiger partial charge in [0, 0.05) is 12.6 Å². The minimum absolute atomic E-state index is 0.0931. The van der Waals surface area contributed by atoms with Gasteiger partial charge in [-0.1, -0.05) is 18.2 Å². The quantitative estimate of drug-likeness (QED) is 0.364. The molecule has 4 rings (SSSR count). The lowest BCUT2D eigenvalue weighted by Crippen LogP contribution is -2.10. The van der Waals surface area contributed by atoms with Gasteiger partial charge in [-0.25, -0.2) is 23.7 Å². The third-order valence-corrected chi connectivity index (χ3v) is 4.61. The lowest BCUT2D eigenvalue weighted by atomic mass is 10.2. The van der Waals surface area contributed by atoms with Crippen molar-refractivity contribution >= 4 is 29.2 Å². The van der Waals surface area contributed by atoms with Crippen LogP contribution in [0.25, 0.3) is 5.70 Å². The van der Waals surface area contributed by atoms with Crippen molar-refractivity contribution < 1.29 is 18.0 Å². The predicted octanol–water partition coefficient (Wildman–Crippen LogP) is 2.90. The molecule has 5 N–H and O–H groups in total. The number of nitrogens with zero attached hydrogens (tertiary/aromatic N) is 4. The van der Waals surface area contributed by atoms with Gasteiger partial charge in [0.1, 0.15) is 17.8 Å². The summed E-state index contributed by atoms with van der Waals surface area (Å²) in [6, 6.07) is 6.38. The van der Waals surface area contributed by atoms with Crippen molar-refractivity contribution in [3.05, 3.63) is 72.1 Å². The van der Waals surface area contributed by atoms with Gasteiger partial charge in [-0.2, -0.15) is 0 Å². The van der Waals surface area contributed by atoms with Crippen molar-refractivity contribution in [1.29, 1.82) is 0 Å². The van der Waals surface area contributed by atoms with Crippen LogP contribution < -0.4 is 16.8 Å². The van der Waals surface area contributed by atoms with Crippen LogP contribution in [0.15, 0.2) is 58.4 Å². The number of nitrogens with two attached hydrogens (primary N) is 2. The van der Waals surface area contributed by atoms with E-state index in [1.807, 2.05) is 0 Å². The first-order valence-corrected chi connectivity index (χ1v) is 9.96. The van der Waals surface area contributed by atoms with Crippen molar-refractivity contribution in [2.75, 3.05) is 18.1 Å². The highest BCUT2D eigenvalue weighted by Gasteiger charge is 2.42. The molecular formula is C22H23F2N7O2. The maximum Gasteiger partial charge on any atom is 0.244 e. The van der Waals surface area contributed by atoms with Gasteiger partial charge in [-0.05, 0) is 25.0 Å². The summed E-state index contributed by atoms with van der Waals surface area (Å²) in [5.74, 6) is 0.397. The van der Waals surface area contributed by atoms with Gasteiger partial charge in [-0.15, -0.1) is 0 Å². The van der Waals surface area contributed by atoms with Gasteiger partial charge in [0.05, 0.1) is 30.3 Å². The van der Waals surface area contributed by atoms with Crippen molar-refractivity contribution in [1.82, 2.24) is 15.0 Å². The van der Waals surface area contributed by atoms with E-state index < -0.39 is 5.67 Å². The van der Waals surface area contributed by atoms with E-state index in [4.69, 9.17) is 15.9 Å². The summed E-state index contributed by atoms with van der Waals surface area (Å²) in [6.07, 6.45) is 7.20. The molecule has 1 saturated carbocycles. The highest BCUT2D eigenvalue weighted by Crippen LogP contribution is 2.36. The fourth-order valence-electron chi connectivity index (χ4n) is 2.50. The molecule has 1 aromatic carbocycles. The molecule has 0 radical (unpaired) electrons. The summed E-state index contributed by atoms with van der Waals surface area (Å²) >= 11 is 0. The zero-order chi connectivity index (χ0) is 23.8. The van der Waals surface area contributed by atoms with E-state index in [0.29, 0.717) is 36.1 Å². The van der Waals surface area contributed by atoms with Gasteiger partial charge in [0.15, 0.2) is 23.6 Å². The number of aromatic nitrogens is 3. The first-order valence-electron chi connectivity index (χ1n) is 9.96. The molecule has 0 aliphatic heterocycles. The second-order valence-corrected chi connectivity index (χ2v) is 7.12. The van der Waals surface area contributed by atoms with E-state index in [-0.39, 0.29) is 35.6 Å². The molecule has 0 saturated heterocycles. The normalized spacial score (nSPS) is 14.8. The Labute approximate surface area is 188 Å². The molecule has 9 nitrogen and oxygen atoms in total. The number of allylic oxidation sites excluding steroid dienone is 1. The van der Waals surface area contributed by atoms with Gasteiger partial charge in [-0.3, -0.25) is 9.79 Å². The molecule has 0 bridgehead atoms. The number of alkyl halides is 1. The number of hydrogen-bond donors (Lipinski definition) is 3. The number of anilines is 2. The molecule has 2 aromatic heterocycles. The van der Waals surface area contributed by atoms with Gasteiger partial charge in [0.2, 0.25) is 5.89 Å². The second-order valence-electron chi connectivity index (χ2n) is 7.12. The molecule has 1 aliphatic rings. The van der Waals surface area contributed by atoms with E-state index in [1.54, 1.807) is 25.2 Å². The molecule has 0 spiro atoms. The SMILES string of the molecule is CNc1cnc(/C(N)=C/C(=NCc2ccccc2F)c2ncco2)nc1N.O=CC1(F)CC1. The summed E-state index contributed by atoms with van der Waals surface area (Å²) in [6.45, 7) is 0.0931. The van der Waals surface area contributed by atoms with E-state index in [2.05, 4.69) is 25.3 Å². The van der Waals surface area contributed by atoms with Gasteiger partial charge >= 0.3 is 0 Å². The molecule has 1 aliphatic carbocycles. The number of aliphatic imine (C=N–C) groups is 1. The molecule has 0 amide bonds. The molecule has 0 unspecified atom stereocenters. The number of carbonyl (C=O) groups excluding carboxylic acids is 1. The molecule has 11 heteroatoms. The maximum absolute atomic E-state index is 13.8. The van der Waals surface area contributed by atoms with Crippen molar-refractivity contribution in [2.24, 2.45) is 10.7 Å². The Morgan fingerprint density at radius 3 is 2.64 bits per heavy atom. The number of nitrogen functional groups attached to an aromatic ring is 1. The number of hydrogen-bond acceptors (Lipinski definition) is 9. The molecule has 33 heavy (non-hydrogen) atoms. The fraction of sp³-hybridized carbons (Fsp3) is 0.227. The van der Waals surface area contributed by atoms with Crippen LogP contribution in [0.3, 0.4) is 0 Å². The number of rotatable bonds is 7. The van der Waals surface area contributed by atoms with Crippen LogP contribution in [0.5, 0.6) is 0 Å². The molecule has 172 valence electrons. The molecule has 1 fully saturated rings. The van der Waals surface area contributed by atoms with E-state index >= 15 is 0 Å². The van der Waals surface area contributed by atoms with Gasteiger partial charge < -0.3 is 21.2 Å². The summed E-state index contributed by atoms with van der Waals surface area (Å²) in [5, 5.41) is 2.87. The smallest absolute Gasteiger partial charge is 0.244 e. The lowest BCUT2D eigenvalue weighted by molar-refractivity contribution is -0.113. The van der Waals surface area contributed by atoms with Crippen LogP contribution in [-0.4, -0.2) is 39.7 Å². The van der Waals surface area contributed by atoms with Crippen molar-refractivity contribution in [3.63, 3.8) is 0 Å². The lowest BCUT2D eigenvalue weighted by Gasteiger charge is -2.06. The van der Waals surface area contributed by atoms with Crippen LogP contribution >= 0.6 is 0 Å². The second kappa shape index (κ2) is 10.4. The molecule has 3 aromatic rings. The maximum atomic E-state index is 13.8. The number of nitrogens with one attached hydrogen (secondary N) is 1. The van der Waals surface area contributed by atoms with E-state index in [0.717, 1.165) is 0 Å². The number of benzene rings is 1. The zero-order valence-corrected chi connectivity index (χ0v) is 17.8. The summed E-state index contributed by atoms with van der Waals surface area (Å²) in [4.78, 5) is 26.3. The van der Waals surface area contributed by atoms with E-state index in [9.17, 15) is 13.6 Å². The number of halogens is 2. The average Bonchev–Trinajstić information content (AvgIpc) is 3.32. The Hall–Kier alpha value is -4.15. The van der Waals surface area contributed by atoms with Crippen LogP contribution in [0.4, 0.5) is 20.3 Å². The first-order chi connectivity index (χ1) is 15.8. The predicted molar refractivity (Wildman–Crippen MR) is 120 cm³/mol. The van der Waals surface area contributed by atoms with E-state index in [1.165, 1.54) is 30.8 Å². The van der Waals surface area contributed by atoms with Crippen LogP contribution in [0.2, 0.25) is 0 Å². The highest BCUT2D eigenvalue weighted by atomic mass is 19.1. The number of aldehydes is 1. The number of oxazole rings is 1. The topological polar surface area (TPSA) is 145 Å². The molecule has 2 heterocycles. The third-order valence-electron chi connectivity index (χ3n) is 4.61. The molecule has 0 atom stereocenters. The van der Waals surface area contributed by atoms with Gasteiger partial charge in [0.25, 0.3) is 0 Å². The van der Waals surface area contributed by atoms with Crippen LogP contribution in [0.1, 0.15) is 30.1 Å². The Kier molecular flexibility index (Phi) is 7.44. The third kappa shape index (κ3) is 6.42. The monoisotopic (exact) mass is 455 g/mol. The van der Waals surface area contributed by atoms with Crippen molar-refractivity contribution in [2.45, 2.75) is 25.1 Å². The minimum Gasteiger partial charge on any atom is -0.443 e. The van der Waals surface area contributed by atoms with Crippen LogP contribution in [0, 0.1) is 5.82 Å². The summed E-state index contributed by atoms with van der Waals surface area (Å²) in [7, 11) is 1.71. The van der Waals surface area contributed by atoms with Crippen LogP contribution in [-0.2, 0) is 11.3 Å². The minimum atomic E-state index is -1.39. The highest BCUT2D eigenvalue weighted by molar-refractivity contribution is 6.08. The first kappa shape index (κ1) is 23.5. The Morgan fingerprint density at radius 2 is 2.09 bits per heavy atom. The zero-order valence-electron chi connectivity index (χ0n) is 17.8. The molecular weight excluding hydrogens is 432 g/mol. The fourth-order valence-corrected chi connectivity index (χ4v) is 2.50. The standard InChI is InChI=1S/C18H18FN7O.C4H5FO/c1-22-15-10-25-17(26-16(15)21)13(20)8-14(18-23-6-7-27-18)24-9-11-4-2-3-5-12(11)19;5-4(3-6)1-2-4/h2-8,10,22H,9,20H2,1H3,(H2,21,25,26);3H,1-2H2/b13-8-,24-14?;. The van der Waals surface area contributed by atoms with Crippen molar-refractivity contribution in [3.8, 4) is 0 Å². The summed E-state index contributed by atoms with van der Waals surface area (Å²) in [5.41, 5.74) is 12.1. The average molecular weight is 455 g/mol. The Bertz CT molecular complexity index is 1160. The summed E-state index contributed by atoms with van der Waals surface area (Å²) < 4.78 is 31.0. The number of carbonyl (C=O) groups is 1. The Balaban J connectivity index is 0.000000442.